The molecule has 178 valence electrons. The lowest BCUT2D eigenvalue weighted by Crippen LogP contribution is -1.99. The van der Waals surface area contributed by atoms with Crippen molar-refractivity contribution in [3.63, 3.8) is 0 Å². The number of hydrogen-bond donors (Lipinski definition) is 0. The quantitative estimate of drug-likeness (QED) is 0.363. The minimum Gasteiger partial charge on any atom is -0.207 e. The van der Waals surface area contributed by atoms with Crippen LogP contribution in [0.25, 0.3) is 5.57 Å². The molecular formula is C31H40F2. The van der Waals surface area contributed by atoms with Crippen LogP contribution in [0, 0.1) is 25.5 Å². The molecule has 0 nitrogen and oxygen atoms in total. The third kappa shape index (κ3) is 8.61. The van der Waals surface area contributed by atoms with Crippen molar-refractivity contribution in [2.75, 3.05) is 0 Å². The van der Waals surface area contributed by atoms with Gasteiger partial charge in [0.15, 0.2) is 0 Å². The molecule has 0 aromatic heterocycles. The summed E-state index contributed by atoms with van der Waals surface area (Å²) in [5.74, 6) is 0.0183. The van der Waals surface area contributed by atoms with Crippen LogP contribution in [0.4, 0.5) is 8.78 Å². The molecule has 0 aliphatic heterocycles. The first kappa shape index (κ1) is 28.3. The zero-order valence-corrected chi connectivity index (χ0v) is 21.7. The van der Waals surface area contributed by atoms with Gasteiger partial charge < -0.3 is 0 Å². The molecule has 3 aromatic rings. The predicted octanol–water partition coefficient (Wildman–Crippen LogP) is 9.60. The number of allylic oxidation sites excluding steroid dienone is 1. The molecule has 0 heterocycles. The van der Waals surface area contributed by atoms with Gasteiger partial charge in [0, 0.05) is 0 Å². The average Bonchev–Trinajstić information content (AvgIpc) is 2.74. The normalized spacial score (nSPS) is 10.2. The molecular weight excluding hydrogens is 410 g/mol. The van der Waals surface area contributed by atoms with Crippen molar-refractivity contribution in [1.29, 1.82) is 0 Å². The van der Waals surface area contributed by atoms with Crippen molar-refractivity contribution in [3.8, 4) is 0 Å². The molecule has 3 rings (SSSR count). The summed E-state index contributed by atoms with van der Waals surface area (Å²) < 4.78 is 26.8. The molecule has 0 saturated carbocycles. The number of aryl methyl sites for hydroxylation is 3. The molecule has 33 heavy (non-hydrogen) atoms. The SMILES string of the molecule is C=C(C)c1c(C)cc(F)cc1Cc1cccc(CC)c1.CC.Cc1ccc(C(C)C)c(F)c1. The van der Waals surface area contributed by atoms with E-state index in [1.807, 2.05) is 60.6 Å². The Morgan fingerprint density at radius 2 is 1.55 bits per heavy atom. The highest BCUT2D eigenvalue weighted by Gasteiger charge is 2.10. The zero-order chi connectivity index (χ0) is 25.1. The molecule has 2 heteroatoms. The lowest BCUT2D eigenvalue weighted by molar-refractivity contribution is 0.597. The topological polar surface area (TPSA) is 0 Å². The number of halogens is 2. The third-order valence-electron chi connectivity index (χ3n) is 5.38. The Hall–Kier alpha value is -2.74. The third-order valence-corrected chi connectivity index (χ3v) is 5.38. The van der Waals surface area contributed by atoms with Gasteiger partial charge in [-0.2, -0.15) is 0 Å². The van der Waals surface area contributed by atoms with E-state index in [9.17, 15) is 8.78 Å². The molecule has 0 aliphatic rings. The van der Waals surface area contributed by atoms with E-state index in [2.05, 4.69) is 37.8 Å². The Bertz CT molecular complexity index is 1040. The second-order valence-electron chi connectivity index (χ2n) is 8.57. The number of rotatable bonds is 5. The average molecular weight is 451 g/mol. The molecule has 0 atom stereocenters. The highest BCUT2D eigenvalue weighted by molar-refractivity contribution is 5.68. The summed E-state index contributed by atoms with van der Waals surface area (Å²) in [4.78, 5) is 0. The van der Waals surface area contributed by atoms with Crippen LogP contribution < -0.4 is 0 Å². The van der Waals surface area contributed by atoms with Crippen LogP contribution in [0.2, 0.25) is 0 Å². The molecule has 0 bridgehead atoms. The molecule has 0 unspecified atom stereocenters. The van der Waals surface area contributed by atoms with E-state index in [0.29, 0.717) is 0 Å². The Kier molecular flexibility index (Phi) is 11.8. The van der Waals surface area contributed by atoms with E-state index in [0.717, 1.165) is 46.2 Å². The highest BCUT2D eigenvalue weighted by Crippen LogP contribution is 2.26. The van der Waals surface area contributed by atoms with Crippen LogP contribution in [0.1, 0.15) is 86.4 Å². The molecule has 0 aliphatic carbocycles. The summed E-state index contributed by atoms with van der Waals surface area (Å²) in [6.45, 7) is 20.0. The van der Waals surface area contributed by atoms with Gasteiger partial charge in [0.05, 0.1) is 0 Å². The van der Waals surface area contributed by atoms with Crippen molar-refractivity contribution in [1.82, 2.24) is 0 Å². The second kappa shape index (κ2) is 13.7. The summed E-state index contributed by atoms with van der Waals surface area (Å²) in [5, 5.41) is 0. The van der Waals surface area contributed by atoms with Crippen molar-refractivity contribution >= 4 is 5.57 Å². The first-order chi connectivity index (χ1) is 15.6. The van der Waals surface area contributed by atoms with Crippen molar-refractivity contribution in [3.05, 3.63) is 112 Å². The minimum absolute atomic E-state index is 0.0833. The summed E-state index contributed by atoms with van der Waals surface area (Å²) >= 11 is 0. The van der Waals surface area contributed by atoms with Gasteiger partial charge >= 0.3 is 0 Å². The Balaban J connectivity index is 0.000000354. The van der Waals surface area contributed by atoms with Crippen molar-refractivity contribution < 1.29 is 8.78 Å². The molecule has 3 aromatic carbocycles. The van der Waals surface area contributed by atoms with Gasteiger partial charge in [-0.05, 0) is 96.7 Å². The van der Waals surface area contributed by atoms with Gasteiger partial charge in [0.1, 0.15) is 11.6 Å². The van der Waals surface area contributed by atoms with E-state index >= 15 is 0 Å². The van der Waals surface area contributed by atoms with Gasteiger partial charge in [0.25, 0.3) is 0 Å². The fourth-order valence-corrected chi connectivity index (χ4v) is 3.84. The van der Waals surface area contributed by atoms with Crippen LogP contribution in [0.3, 0.4) is 0 Å². The molecule has 0 spiro atoms. The molecule has 0 saturated heterocycles. The molecule has 0 fully saturated rings. The second-order valence-corrected chi connectivity index (χ2v) is 8.57. The van der Waals surface area contributed by atoms with Crippen LogP contribution in [0.5, 0.6) is 0 Å². The largest absolute Gasteiger partial charge is 0.207 e. The summed E-state index contributed by atoms with van der Waals surface area (Å²) in [6.07, 6.45) is 1.76. The Labute approximate surface area is 200 Å². The van der Waals surface area contributed by atoms with Gasteiger partial charge in [-0.15, -0.1) is 0 Å². The van der Waals surface area contributed by atoms with E-state index in [1.54, 1.807) is 18.2 Å². The van der Waals surface area contributed by atoms with Gasteiger partial charge in [-0.25, -0.2) is 8.78 Å². The van der Waals surface area contributed by atoms with Crippen LogP contribution in [-0.4, -0.2) is 0 Å². The Morgan fingerprint density at radius 3 is 2.09 bits per heavy atom. The first-order valence-corrected chi connectivity index (χ1v) is 11.9. The van der Waals surface area contributed by atoms with E-state index in [-0.39, 0.29) is 17.6 Å². The Morgan fingerprint density at radius 1 is 0.909 bits per heavy atom. The van der Waals surface area contributed by atoms with Gasteiger partial charge in [-0.1, -0.05) is 83.2 Å². The van der Waals surface area contributed by atoms with E-state index in [1.165, 1.54) is 11.1 Å². The monoisotopic (exact) mass is 450 g/mol. The van der Waals surface area contributed by atoms with Crippen LogP contribution in [-0.2, 0) is 12.8 Å². The smallest absolute Gasteiger partial charge is 0.126 e. The summed E-state index contributed by atoms with van der Waals surface area (Å²) in [6, 6.07) is 17.1. The van der Waals surface area contributed by atoms with Gasteiger partial charge in [-0.3, -0.25) is 0 Å². The maximum Gasteiger partial charge on any atom is 0.126 e. The fraction of sp³-hybridized carbons (Fsp3) is 0.355. The fourth-order valence-electron chi connectivity index (χ4n) is 3.84. The maximum absolute atomic E-state index is 13.7. The molecule has 0 radical (unpaired) electrons. The standard InChI is InChI=1S/C19H21F.C10H13F.C2H6/c1-5-15-7-6-8-16(10-15)11-17-12-18(20)9-14(4)19(17)13(2)3;1-7(2)9-5-4-8(3)6-10(9)11;1-2/h6-10,12H,2,5,11H2,1,3-4H3;4-7H,1-3H3;1-2H3. The lowest BCUT2D eigenvalue weighted by Gasteiger charge is -2.14. The zero-order valence-electron chi connectivity index (χ0n) is 21.7. The molecule has 0 amide bonds. The summed E-state index contributed by atoms with van der Waals surface area (Å²) in [5.41, 5.74) is 8.37. The van der Waals surface area contributed by atoms with Crippen LogP contribution >= 0.6 is 0 Å². The van der Waals surface area contributed by atoms with Gasteiger partial charge in [0.2, 0.25) is 0 Å². The van der Waals surface area contributed by atoms with E-state index in [4.69, 9.17) is 0 Å². The minimum atomic E-state index is -0.172. The van der Waals surface area contributed by atoms with Crippen LogP contribution in [0.15, 0.2) is 61.2 Å². The predicted molar refractivity (Wildman–Crippen MR) is 141 cm³/mol. The number of hydrogen-bond acceptors (Lipinski definition) is 0. The molecule has 0 N–H and O–H groups in total. The maximum atomic E-state index is 13.7. The first-order valence-electron chi connectivity index (χ1n) is 11.9. The summed E-state index contributed by atoms with van der Waals surface area (Å²) in [7, 11) is 0. The van der Waals surface area contributed by atoms with Crippen molar-refractivity contribution in [2.24, 2.45) is 0 Å². The van der Waals surface area contributed by atoms with Crippen molar-refractivity contribution in [2.45, 2.75) is 74.1 Å². The lowest BCUT2D eigenvalue weighted by atomic mass is 9.92. The van der Waals surface area contributed by atoms with E-state index < -0.39 is 0 Å². The highest BCUT2D eigenvalue weighted by atomic mass is 19.1. The number of benzene rings is 3.